The van der Waals surface area contributed by atoms with Gasteiger partial charge in [0.2, 0.25) is 5.91 Å². The molecule has 0 aromatic heterocycles. The lowest BCUT2D eigenvalue weighted by molar-refractivity contribution is -0.122. The van der Waals surface area contributed by atoms with E-state index in [0.717, 1.165) is 29.4 Å². The molecule has 2 rings (SSSR count). The number of amides is 1. The molecule has 1 aliphatic rings. The van der Waals surface area contributed by atoms with E-state index in [1.54, 1.807) is 7.11 Å². The molecular formula is C15H22N2O2S. The van der Waals surface area contributed by atoms with Crippen molar-refractivity contribution in [2.24, 2.45) is 0 Å². The SMILES string of the molecule is COc1ccccc1[C@H](C)NC(=O)CC1CSCCN1. The predicted octanol–water partition coefficient (Wildman–Crippen LogP) is 1.97. The smallest absolute Gasteiger partial charge is 0.222 e. The quantitative estimate of drug-likeness (QED) is 0.872. The summed E-state index contributed by atoms with van der Waals surface area (Å²) in [5.41, 5.74) is 1.01. The summed E-state index contributed by atoms with van der Waals surface area (Å²) >= 11 is 1.90. The molecule has 1 amide bonds. The van der Waals surface area contributed by atoms with Crippen LogP contribution in [0.25, 0.3) is 0 Å². The molecule has 110 valence electrons. The number of benzene rings is 1. The van der Waals surface area contributed by atoms with Crippen molar-refractivity contribution in [3.05, 3.63) is 29.8 Å². The van der Waals surface area contributed by atoms with Gasteiger partial charge < -0.3 is 15.4 Å². The van der Waals surface area contributed by atoms with Gasteiger partial charge in [-0.25, -0.2) is 0 Å². The molecule has 1 fully saturated rings. The summed E-state index contributed by atoms with van der Waals surface area (Å²) in [4.78, 5) is 12.1. The van der Waals surface area contributed by atoms with Crippen LogP contribution in [-0.4, -0.2) is 37.1 Å². The van der Waals surface area contributed by atoms with Gasteiger partial charge in [-0.15, -0.1) is 0 Å². The number of ether oxygens (including phenoxy) is 1. The molecule has 1 saturated heterocycles. The minimum Gasteiger partial charge on any atom is -0.496 e. The Morgan fingerprint density at radius 1 is 1.55 bits per heavy atom. The van der Waals surface area contributed by atoms with Crippen LogP contribution in [0, 0.1) is 0 Å². The van der Waals surface area contributed by atoms with Gasteiger partial charge in [-0.1, -0.05) is 18.2 Å². The average molecular weight is 294 g/mol. The number of carbonyl (C=O) groups is 1. The maximum Gasteiger partial charge on any atom is 0.222 e. The monoisotopic (exact) mass is 294 g/mol. The fourth-order valence-corrected chi connectivity index (χ4v) is 3.33. The van der Waals surface area contributed by atoms with E-state index < -0.39 is 0 Å². The van der Waals surface area contributed by atoms with Gasteiger partial charge in [0.1, 0.15) is 5.75 Å². The van der Waals surface area contributed by atoms with Crippen molar-refractivity contribution in [3.63, 3.8) is 0 Å². The number of para-hydroxylation sites is 1. The fourth-order valence-electron chi connectivity index (χ4n) is 2.38. The van der Waals surface area contributed by atoms with Crippen molar-refractivity contribution < 1.29 is 9.53 Å². The van der Waals surface area contributed by atoms with Crippen molar-refractivity contribution in [2.75, 3.05) is 25.2 Å². The number of hydrogen-bond donors (Lipinski definition) is 2. The van der Waals surface area contributed by atoms with Crippen LogP contribution in [-0.2, 0) is 4.79 Å². The van der Waals surface area contributed by atoms with E-state index in [0.29, 0.717) is 12.5 Å². The molecule has 0 aliphatic carbocycles. The van der Waals surface area contributed by atoms with Crippen LogP contribution in [0.3, 0.4) is 0 Å². The van der Waals surface area contributed by atoms with Crippen LogP contribution in [0.5, 0.6) is 5.75 Å². The van der Waals surface area contributed by atoms with E-state index >= 15 is 0 Å². The van der Waals surface area contributed by atoms with E-state index in [-0.39, 0.29) is 11.9 Å². The molecule has 1 unspecified atom stereocenters. The molecule has 0 saturated carbocycles. The summed E-state index contributed by atoms with van der Waals surface area (Å²) in [5.74, 6) is 3.04. The number of carbonyl (C=O) groups excluding carboxylic acids is 1. The first-order valence-corrected chi connectivity index (χ1v) is 8.09. The Balaban J connectivity index is 1.89. The second-order valence-corrected chi connectivity index (χ2v) is 6.11. The molecule has 1 heterocycles. The number of hydrogen-bond acceptors (Lipinski definition) is 4. The lowest BCUT2D eigenvalue weighted by atomic mass is 10.1. The van der Waals surface area contributed by atoms with Gasteiger partial charge in [0.05, 0.1) is 13.2 Å². The van der Waals surface area contributed by atoms with Crippen LogP contribution in [0.15, 0.2) is 24.3 Å². The van der Waals surface area contributed by atoms with Crippen molar-refractivity contribution in [2.45, 2.75) is 25.4 Å². The van der Waals surface area contributed by atoms with Crippen LogP contribution in [0.2, 0.25) is 0 Å². The van der Waals surface area contributed by atoms with Crippen molar-refractivity contribution in [3.8, 4) is 5.75 Å². The summed E-state index contributed by atoms with van der Waals surface area (Å²) in [7, 11) is 1.65. The second-order valence-electron chi connectivity index (χ2n) is 4.96. The second kappa shape index (κ2) is 7.55. The maximum atomic E-state index is 12.1. The van der Waals surface area contributed by atoms with Crippen LogP contribution < -0.4 is 15.4 Å². The molecule has 20 heavy (non-hydrogen) atoms. The molecule has 0 bridgehead atoms. The summed E-state index contributed by atoms with van der Waals surface area (Å²) < 4.78 is 5.33. The Labute approximate surface area is 124 Å². The van der Waals surface area contributed by atoms with Gasteiger partial charge in [0.15, 0.2) is 0 Å². The highest BCUT2D eigenvalue weighted by Crippen LogP contribution is 2.24. The van der Waals surface area contributed by atoms with Gasteiger partial charge in [-0.2, -0.15) is 11.8 Å². The third-order valence-corrected chi connectivity index (χ3v) is 4.54. The Kier molecular flexibility index (Phi) is 5.73. The molecule has 1 aromatic rings. The number of thioether (sulfide) groups is 1. The first-order chi connectivity index (χ1) is 9.70. The van der Waals surface area contributed by atoms with Crippen molar-refractivity contribution in [1.82, 2.24) is 10.6 Å². The minimum atomic E-state index is -0.0464. The number of nitrogens with one attached hydrogen (secondary N) is 2. The van der Waals surface area contributed by atoms with Crippen molar-refractivity contribution in [1.29, 1.82) is 0 Å². The first kappa shape index (κ1) is 15.2. The van der Waals surface area contributed by atoms with Crippen LogP contribution in [0.4, 0.5) is 0 Å². The molecule has 5 heteroatoms. The minimum absolute atomic E-state index is 0.0464. The molecule has 4 nitrogen and oxygen atoms in total. The number of methoxy groups -OCH3 is 1. The van der Waals surface area contributed by atoms with Gasteiger partial charge >= 0.3 is 0 Å². The fraction of sp³-hybridized carbons (Fsp3) is 0.533. The summed E-state index contributed by atoms with van der Waals surface area (Å²) in [6.07, 6.45) is 0.534. The molecule has 0 spiro atoms. The highest BCUT2D eigenvalue weighted by atomic mass is 32.2. The Morgan fingerprint density at radius 3 is 3.05 bits per heavy atom. The van der Waals surface area contributed by atoms with Gasteiger partial charge in [-0.3, -0.25) is 4.79 Å². The van der Waals surface area contributed by atoms with E-state index in [2.05, 4.69) is 10.6 Å². The highest BCUT2D eigenvalue weighted by Gasteiger charge is 2.19. The molecule has 0 radical (unpaired) electrons. The van der Waals surface area contributed by atoms with E-state index in [4.69, 9.17) is 4.74 Å². The Bertz CT molecular complexity index is 447. The largest absolute Gasteiger partial charge is 0.496 e. The zero-order chi connectivity index (χ0) is 14.4. The van der Waals surface area contributed by atoms with Gasteiger partial charge in [-0.05, 0) is 13.0 Å². The lowest BCUT2D eigenvalue weighted by Crippen LogP contribution is -2.41. The maximum absolute atomic E-state index is 12.1. The predicted molar refractivity (Wildman–Crippen MR) is 83.3 cm³/mol. The van der Waals surface area contributed by atoms with Gasteiger partial charge in [0.25, 0.3) is 0 Å². The zero-order valence-electron chi connectivity index (χ0n) is 12.0. The third-order valence-electron chi connectivity index (χ3n) is 3.41. The normalized spacial score (nSPS) is 20.2. The van der Waals surface area contributed by atoms with Crippen molar-refractivity contribution >= 4 is 17.7 Å². The standard InChI is InChI=1S/C15H22N2O2S/c1-11(13-5-3-4-6-14(13)19-2)17-15(18)9-12-10-20-8-7-16-12/h3-6,11-12,16H,7-10H2,1-2H3,(H,17,18)/t11-,12?/m0/s1. The molecule has 2 N–H and O–H groups in total. The average Bonchev–Trinajstić information content (AvgIpc) is 2.48. The Hall–Kier alpha value is -1.20. The molecule has 1 aliphatic heterocycles. The zero-order valence-corrected chi connectivity index (χ0v) is 12.8. The third kappa shape index (κ3) is 4.15. The lowest BCUT2D eigenvalue weighted by Gasteiger charge is -2.24. The molecular weight excluding hydrogens is 272 g/mol. The van der Waals surface area contributed by atoms with Gasteiger partial charge in [0, 0.05) is 36.1 Å². The first-order valence-electron chi connectivity index (χ1n) is 6.94. The summed E-state index contributed by atoms with van der Waals surface area (Å²) in [5, 5.41) is 6.43. The van der Waals surface area contributed by atoms with E-state index in [1.807, 2.05) is 43.0 Å². The topological polar surface area (TPSA) is 50.4 Å². The molecule has 2 atom stereocenters. The van der Waals surface area contributed by atoms with Crippen LogP contribution in [0.1, 0.15) is 24.9 Å². The summed E-state index contributed by atoms with van der Waals surface area (Å²) in [6.45, 7) is 2.98. The Morgan fingerprint density at radius 2 is 2.35 bits per heavy atom. The summed E-state index contributed by atoms with van der Waals surface area (Å²) in [6, 6.07) is 8.03. The van der Waals surface area contributed by atoms with E-state index in [1.165, 1.54) is 0 Å². The van der Waals surface area contributed by atoms with Crippen LogP contribution >= 0.6 is 11.8 Å². The molecule has 1 aromatic carbocycles. The highest BCUT2D eigenvalue weighted by molar-refractivity contribution is 7.99. The van der Waals surface area contributed by atoms with E-state index in [9.17, 15) is 4.79 Å². The number of rotatable bonds is 5.